The molecule has 0 aromatic heterocycles. The summed E-state index contributed by atoms with van der Waals surface area (Å²) in [6.45, 7) is 0. The van der Waals surface area contributed by atoms with Crippen LogP contribution in [0.25, 0.3) is 21.9 Å². The maximum absolute atomic E-state index is 2.37. The van der Waals surface area contributed by atoms with E-state index in [-0.39, 0.29) is 5.41 Å². The third-order valence-electron chi connectivity index (χ3n) is 6.75. The molecule has 0 amide bonds. The van der Waals surface area contributed by atoms with Gasteiger partial charge in [0.1, 0.15) is 0 Å². The van der Waals surface area contributed by atoms with E-state index in [1.807, 2.05) is 0 Å². The van der Waals surface area contributed by atoms with Crippen LogP contribution in [0.5, 0.6) is 0 Å². The van der Waals surface area contributed by atoms with Gasteiger partial charge < -0.3 is 0 Å². The lowest BCUT2D eigenvalue weighted by Gasteiger charge is -2.33. The second kappa shape index (κ2) is 6.32. The zero-order valence-electron chi connectivity index (χ0n) is 16.3. The summed E-state index contributed by atoms with van der Waals surface area (Å²) in [5.74, 6) is 0. The van der Waals surface area contributed by atoms with Crippen molar-refractivity contribution in [1.29, 1.82) is 0 Å². The molecule has 0 radical (unpaired) electrons. The van der Waals surface area contributed by atoms with Gasteiger partial charge in [-0.25, -0.2) is 0 Å². The van der Waals surface area contributed by atoms with Gasteiger partial charge >= 0.3 is 0 Å². The van der Waals surface area contributed by atoms with E-state index in [4.69, 9.17) is 0 Å². The first-order chi connectivity index (χ1) is 14.4. The van der Waals surface area contributed by atoms with E-state index in [1.54, 1.807) is 0 Å². The maximum Gasteiger partial charge on any atom is 0.0469 e. The van der Waals surface area contributed by atoms with Crippen LogP contribution < -0.4 is 0 Å². The zero-order valence-corrected chi connectivity index (χ0v) is 16.3. The van der Waals surface area contributed by atoms with Crippen molar-refractivity contribution in [3.05, 3.63) is 131 Å². The molecule has 0 saturated carbocycles. The van der Waals surface area contributed by atoms with Crippen LogP contribution in [0, 0.1) is 0 Å². The molecular formula is C29H22. The first-order valence-corrected chi connectivity index (χ1v) is 10.4. The number of hydrogen-bond donors (Lipinski definition) is 0. The summed E-state index contributed by atoms with van der Waals surface area (Å²) in [5.41, 5.74) is 8.37. The highest BCUT2D eigenvalue weighted by Crippen LogP contribution is 2.53. The monoisotopic (exact) mass is 370 g/mol. The van der Waals surface area contributed by atoms with Gasteiger partial charge in [-0.15, -0.1) is 0 Å². The number of aryl methyl sites for hydroxylation is 1. The molecule has 6 rings (SSSR count). The summed E-state index contributed by atoms with van der Waals surface area (Å²) in [7, 11) is 0. The van der Waals surface area contributed by atoms with Crippen LogP contribution in [0.2, 0.25) is 0 Å². The Bertz CT molecular complexity index is 1310. The first-order valence-electron chi connectivity index (χ1n) is 10.4. The Labute approximate surface area is 171 Å². The molecule has 1 unspecified atom stereocenters. The maximum atomic E-state index is 2.37. The van der Waals surface area contributed by atoms with Gasteiger partial charge in [-0.2, -0.15) is 0 Å². The van der Waals surface area contributed by atoms with Crippen LogP contribution in [0.3, 0.4) is 0 Å². The third-order valence-corrected chi connectivity index (χ3v) is 6.75. The lowest BCUT2D eigenvalue weighted by Crippen LogP contribution is -2.26. The molecule has 3 aromatic rings. The predicted octanol–water partition coefficient (Wildman–Crippen LogP) is 7.23. The van der Waals surface area contributed by atoms with Crippen molar-refractivity contribution < 1.29 is 0 Å². The minimum atomic E-state index is -0.118. The summed E-state index contributed by atoms with van der Waals surface area (Å²) >= 11 is 0. The summed E-state index contributed by atoms with van der Waals surface area (Å²) in [4.78, 5) is 0. The number of hydrogen-bond acceptors (Lipinski definition) is 0. The molecule has 3 aromatic carbocycles. The van der Waals surface area contributed by atoms with Gasteiger partial charge in [-0.1, -0.05) is 109 Å². The molecule has 0 aliphatic heterocycles. The van der Waals surface area contributed by atoms with E-state index < -0.39 is 0 Å². The lowest BCUT2D eigenvalue weighted by atomic mass is 9.68. The second-order valence-electron chi connectivity index (χ2n) is 8.12. The quantitative estimate of drug-likeness (QED) is 0.307. The molecular weight excluding hydrogens is 348 g/mol. The number of fused-ring (bicyclic) bond motifs is 3. The van der Waals surface area contributed by atoms with E-state index in [0.717, 1.165) is 12.8 Å². The minimum absolute atomic E-state index is 0.118. The molecule has 3 aliphatic carbocycles. The summed E-state index contributed by atoms with van der Waals surface area (Å²) < 4.78 is 0. The lowest BCUT2D eigenvalue weighted by molar-refractivity contribution is 0.618. The summed E-state index contributed by atoms with van der Waals surface area (Å²) in [6.07, 6.45) is 2.23. The molecule has 0 heteroatoms. The molecule has 3 aliphatic rings. The Kier molecular flexibility index (Phi) is 3.61. The fourth-order valence-electron chi connectivity index (χ4n) is 5.50. The van der Waals surface area contributed by atoms with Gasteiger partial charge in [-0.05, 0) is 57.0 Å². The predicted molar refractivity (Wildman–Crippen MR) is 122 cm³/mol. The van der Waals surface area contributed by atoms with E-state index >= 15 is 0 Å². The van der Waals surface area contributed by atoms with Crippen molar-refractivity contribution in [2.24, 2.45) is 0 Å². The molecule has 0 spiro atoms. The largest absolute Gasteiger partial charge is 0.0622 e. The molecule has 0 N–H and O–H groups in total. The number of benzene rings is 3. The molecule has 1 atom stereocenters. The van der Waals surface area contributed by atoms with Crippen molar-refractivity contribution in [2.75, 3.05) is 0 Å². The Morgan fingerprint density at radius 1 is 0.517 bits per heavy atom. The average molecular weight is 370 g/mol. The van der Waals surface area contributed by atoms with Gasteiger partial charge in [0, 0.05) is 5.41 Å². The molecule has 0 heterocycles. The highest BCUT2D eigenvalue weighted by molar-refractivity contribution is 5.89. The Hall–Kier alpha value is -3.38. The summed E-state index contributed by atoms with van der Waals surface area (Å²) in [5, 5.41) is 2.68. The topological polar surface area (TPSA) is 0 Å². The SMILES string of the molecule is c1ccc2ccc(C3(c4cccc5ccccc45)CCc4ccccc43)c-2cc1. The third kappa shape index (κ3) is 2.32. The molecule has 138 valence electrons. The summed E-state index contributed by atoms with van der Waals surface area (Å²) in [6, 6.07) is 40.3. The van der Waals surface area contributed by atoms with E-state index in [1.165, 1.54) is 44.2 Å². The fraction of sp³-hybridized carbons (Fsp3) is 0.103. The van der Waals surface area contributed by atoms with Crippen LogP contribution in [-0.4, -0.2) is 0 Å². The average Bonchev–Trinajstić information content (AvgIpc) is 3.27. The van der Waals surface area contributed by atoms with Gasteiger partial charge in [-0.3, -0.25) is 0 Å². The van der Waals surface area contributed by atoms with E-state index in [0.29, 0.717) is 0 Å². The first kappa shape index (κ1) is 16.6. The molecule has 0 saturated heterocycles. The van der Waals surface area contributed by atoms with Crippen molar-refractivity contribution in [3.8, 4) is 11.1 Å². The van der Waals surface area contributed by atoms with Crippen molar-refractivity contribution >= 4 is 10.8 Å². The van der Waals surface area contributed by atoms with Gasteiger partial charge in [0.15, 0.2) is 0 Å². The van der Waals surface area contributed by atoms with Crippen LogP contribution >= 0.6 is 0 Å². The Morgan fingerprint density at radius 3 is 2.28 bits per heavy atom. The van der Waals surface area contributed by atoms with Crippen molar-refractivity contribution in [1.82, 2.24) is 0 Å². The van der Waals surface area contributed by atoms with Gasteiger partial charge in [0.2, 0.25) is 0 Å². The van der Waals surface area contributed by atoms with Crippen LogP contribution in [-0.2, 0) is 11.8 Å². The highest BCUT2D eigenvalue weighted by Gasteiger charge is 2.44. The van der Waals surface area contributed by atoms with Crippen molar-refractivity contribution in [3.63, 3.8) is 0 Å². The highest BCUT2D eigenvalue weighted by atomic mass is 14.5. The smallest absolute Gasteiger partial charge is 0.0469 e. The van der Waals surface area contributed by atoms with Crippen molar-refractivity contribution in [2.45, 2.75) is 18.3 Å². The molecule has 0 fully saturated rings. The molecule has 29 heavy (non-hydrogen) atoms. The van der Waals surface area contributed by atoms with E-state index in [9.17, 15) is 0 Å². The van der Waals surface area contributed by atoms with Crippen LogP contribution in [0.4, 0.5) is 0 Å². The normalized spacial score (nSPS) is 18.2. The molecule has 0 bridgehead atoms. The minimum Gasteiger partial charge on any atom is -0.0622 e. The Balaban J connectivity index is 1.75. The Morgan fingerprint density at radius 2 is 1.28 bits per heavy atom. The zero-order chi connectivity index (χ0) is 19.3. The standard InChI is InChI=1S/C29H22/c1-2-9-22-17-18-28(25(22)13-3-1)29(20-19-23-11-5-7-15-26(23)29)27-16-8-12-21-10-4-6-14-24(21)27/h1-18H,19-20H2. The van der Waals surface area contributed by atoms with Gasteiger partial charge in [0.05, 0.1) is 0 Å². The van der Waals surface area contributed by atoms with Gasteiger partial charge in [0.25, 0.3) is 0 Å². The number of rotatable bonds is 2. The van der Waals surface area contributed by atoms with E-state index in [2.05, 4.69) is 109 Å². The van der Waals surface area contributed by atoms with Crippen LogP contribution in [0.1, 0.15) is 28.7 Å². The fourth-order valence-corrected chi connectivity index (χ4v) is 5.50. The molecule has 0 nitrogen and oxygen atoms in total. The van der Waals surface area contributed by atoms with Crippen LogP contribution in [0.15, 0.2) is 109 Å². The second-order valence-corrected chi connectivity index (χ2v) is 8.12.